The van der Waals surface area contributed by atoms with Crippen LogP contribution in [0.5, 0.6) is 0 Å². The Bertz CT molecular complexity index is 1340. The lowest BCUT2D eigenvalue weighted by Gasteiger charge is -2.35. The van der Waals surface area contributed by atoms with Crippen LogP contribution < -0.4 is 10.2 Å². The van der Waals surface area contributed by atoms with E-state index in [2.05, 4.69) is 15.5 Å². The van der Waals surface area contributed by atoms with Crippen LogP contribution in [0.1, 0.15) is 60.6 Å². The highest BCUT2D eigenvalue weighted by atomic mass is 19.4. The third kappa shape index (κ3) is 3.51. The number of ether oxygens (including phenoxy) is 1. The molecular weight excluding hydrogens is 500 g/mol. The third-order valence-electron chi connectivity index (χ3n) is 7.78. The maximum Gasteiger partial charge on any atom is 0.419 e. The van der Waals surface area contributed by atoms with Gasteiger partial charge in [-0.05, 0) is 45.4 Å². The summed E-state index contributed by atoms with van der Waals surface area (Å²) in [5.41, 5.74) is -5.01. The van der Waals surface area contributed by atoms with Crippen molar-refractivity contribution >= 4 is 23.4 Å². The number of alkyl halides is 3. The predicted octanol–water partition coefficient (Wildman–Crippen LogP) is 2.78. The average molecular weight is 524 g/mol. The number of aromatic nitrogens is 2. The van der Waals surface area contributed by atoms with Crippen molar-refractivity contribution in [3.63, 3.8) is 0 Å². The van der Waals surface area contributed by atoms with Gasteiger partial charge < -0.3 is 15.2 Å². The minimum Gasteiger partial charge on any atom is -0.387 e. The number of carbonyl (C=O) groups excluding carboxylic acids is 3. The van der Waals surface area contributed by atoms with E-state index in [9.17, 15) is 32.7 Å². The van der Waals surface area contributed by atoms with Gasteiger partial charge >= 0.3 is 6.18 Å². The first-order valence-corrected chi connectivity index (χ1v) is 11.6. The SMILES string of the molecule is Cc1ccc(N2C(=O)[C@@H]3[C@H](C2=O)[C@]2(C)O[C@@]3(C)C[C@@H]2NC(=O)c2cc(C(C)O)[nH]n2)c(F)c1C(F)(F)F. The molecule has 0 saturated carbocycles. The molecule has 4 heterocycles. The first-order chi connectivity index (χ1) is 17.1. The Morgan fingerprint density at radius 1 is 1.27 bits per heavy atom. The summed E-state index contributed by atoms with van der Waals surface area (Å²) >= 11 is 0. The molecule has 3 amide bonds. The number of nitrogens with zero attached hydrogens (tertiary/aromatic N) is 2. The van der Waals surface area contributed by atoms with Crippen LogP contribution in [0.3, 0.4) is 0 Å². The zero-order chi connectivity index (χ0) is 27.2. The molecule has 1 unspecified atom stereocenters. The number of aliphatic hydroxyl groups is 1. The van der Waals surface area contributed by atoms with Gasteiger partial charge in [-0.15, -0.1) is 0 Å². The van der Waals surface area contributed by atoms with Crippen LogP contribution in [0.4, 0.5) is 23.2 Å². The van der Waals surface area contributed by atoms with E-state index in [4.69, 9.17) is 4.74 Å². The number of imide groups is 1. The van der Waals surface area contributed by atoms with E-state index in [-0.39, 0.29) is 17.7 Å². The van der Waals surface area contributed by atoms with Crippen LogP contribution in [0.15, 0.2) is 18.2 Å². The first-order valence-electron chi connectivity index (χ1n) is 11.6. The number of fused-ring (bicyclic) bond motifs is 5. The predicted molar refractivity (Wildman–Crippen MR) is 119 cm³/mol. The van der Waals surface area contributed by atoms with Gasteiger partial charge in [0.2, 0.25) is 11.8 Å². The number of aryl methyl sites for hydroxylation is 1. The highest BCUT2D eigenvalue weighted by Gasteiger charge is 2.76. The van der Waals surface area contributed by atoms with Crippen molar-refractivity contribution in [2.45, 2.75) is 63.6 Å². The average Bonchev–Trinajstić information content (AvgIpc) is 3.48. The number of aliphatic hydroxyl groups excluding tert-OH is 1. The molecule has 5 rings (SSSR count). The molecule has 0 radical (unpaired) electrons. The molecule has 3 aliphatic heterocycles. The standard InChI is InChI=1S/C24H24F4N4O5/c1-9-5-6-13(18(25)15(9)24(26,27)28)32-20(35)16-17(21(32)36)23(4)14(8-22(16,3)37-23)29-19(34)12-7-11(10(2)33)30-31-12/h5-7,10,14,16-17,33H,8H2,1-4H3,(H,29,34)(H,30,31)/t10?,14-,16-,17+,22-,23+/m0/s1. The maximum atomic E-state index is 15.1. The summed E-state index contributed by atoms with van der Waals surface area (Å²) in [6.45, 7) is 5.71. The summed E-state index contributed by atoms with van der Waals surface area (Å²) < 4.78 is 61.8. The van der Waals surface area contributed by atoms with Gasteiger partial charge in [0, 0.05) is 6.42 Å². The van der Waals surface area contributed by atoms with Gasteiger partial charge in [0.05, 0.1) is 52.1 Å². The van der Waals surface area contributed by atoms with Crippen molar-refractivity contribution in [1.29, 1.82) is 0 Å². The van der Waals surface area contributed by atoms with E-state index >= 15 is 4.39 Å². The summed E-state index contributed by atoms with van der Waals surface area (Å²) in [5, 5.41) is 18.8. The highest BCUT2D eigenvalue weighted by molar-refractivity contribution is 6.23. The van der Waals surface area contributed by atoms with E-state index < -0.39 is 76.1 Å². The second kappa shape index (κ2) is 7.84. The molecule has 0 aliphatic carbocycles. The van der Waals surface area contributed by atoms with Crippen LogP contribution in [-0.2, 0) is 20.5 Å². The third-order valence-corrected chi connectivity index (χ3v) is 7.78. The van der Waals surface area contributed by atoms with E-state index in [1.807, 2.05) is 0 Å². The Labute approximate surface area is 208 Å². The first kappa shape index (κ1) is 25.3. The van der Waals surface area contributed by atoms with Crippen molar-refractivity contribution in [3.8, 4) is 0 Å². The molecule has 9 nitrogen and oxygen atoms in total. The Morgan fingerprint density at radius 2 is 1.92 bits per heavy atom. The quantitative estimate of drug-likeness (QED) is 0.418. The van der Waals surface area contributed by atoms with Crippen LogP contribution in [0.2, 0.25) is 0 Å². The minimum absolute atomic E-state index is 0.0131. The highest BCUT2D eigenvalue weighted by Crippen LogP contribution is 2.61. The molecular formula is C24H24F4N4O5. The smallest absolute Gasteiger partial charge is 0.387 e. The van der Waals surface area contributed by atoms with Crippen LogP contribution in [0.25, 0.3) is 0 Å². The van der Waals surface area contributed by atoms with Gasteiger partial charge in [-0.25, -0.2) is 9.29 Å². The summed E-state index contributed by atoms with van der Waals surface area (Å²) in [7, 11) is 0. The Balaban J connectivity index is 1.48. The fourth-order valence-electron chi connectivity index (χ4n) is 6.07. The van der Waals surface area contributed by atoms with Crippen molar-refractivity contribution in [3.05, 3.63) is 46.5 Å². The van der Waals surface area contributed by atoms with Gasteiger partial charge in [0.15, 0.2) is 5.82 Å². The monoisotopic (exact) mass is 524 g/mol. The largest absolute Gasteiger partial charge is 0.419 e. The summed E-state index contributed by atoms with van der Waals surface area (Å²) in [4.78, 5) is 40.3. The molecule has 198 valence electrons. The Kier molecular flexibility index (Phi) is 5.37. The van der Waals surface area contributed by atoms with Crippen molar-refractivity contribution in [2.75, 3.05) is 4.90 Å². The zero-order valence-electron chi connectivity index (χ0n) is 20.2. The number of hydrogen-bond donors (Lipinski definition) is 3. The topological polar surface area (TPSA) is 125 Å². The van der Waals surface area contributed by atoms with E-state index in [1.54, 1.807) is 13.8 Å². The number of H-pyrrole nitrogens is 1. The second-order valence-corrected chi connectivity index (χ2v) is 10.3. The number of nitrogens with one attached hydrogen (secondary N) is 2. The molecule has 2 bridgehead atoms. The fraction of sp³-hybridized carbons (Fsp3) is 0.500. The van der Waals surface area contributed by atoms with Gasteiger partial charge in [0.1, 0.15) is 5.69 Å². The molecule has 0 spiro atoms. The van der Waals surface area contributed by atoms with E-state index in [0.29, 0.717) is 10.6 Å². The number of halogens is 4. The molecule has 13 heteroatoms. The van der Waals surface area contributed by atoms with Crippen LogP contribution in [0, 0.1) is 24.6 Å². The molecule has 3 aliphatic rings. The molecule has 1 aromatic heterocycles. The van der Waals surface area contributed by atoms with Crippen LogP contribution in [-0.4, -0.2) is 50.3 Å². The maximum absolute atomic E-state index is 15.1. The van der Waals surface area contributed by atoms with Gasteiger partial charge in [0.25, 0.3) is 5.91 Å². The number of hydrogen-bond acceptors (Lipinski definition) is 6. The van der Waals surface area contributed by atoms with Crippen LogP contribution >= 0.6 is 0 Å². The molecule has 37 heavy (non-hydrogen) atoms. The Morgan fingerprint density at radius 3 is 2.51 bits per heavy atom. The number of rotatable bonds is 4. The second-order valence-electron chi connectivity index (χ2n) is 10.3. The molecule has 3 N–H and O–H groups in total. The summed E-state index contributed by atoms with van der Waals surface area (Å²) in [5.74, 6) is -6.29. The zero-order valence-corrected chi connectivity index (χ0v) is 20.2. The number of amides is 3. The molecule has 3 saturated heterocycles. The molecule has 6 atom stereocenters. The molecule has 3 fully saturated rings. The lowest BCUT2D eigenvalue weighted by Crippen LogP contribution is -2.56. The number of carbonyl (C=O) groups is 3. The lowest BCUT2D eigenvalue weighted by atomic mass is 9.66. The van der Waals surface area contributed by atoms with Crippen molar-refractivity contribution < 1.29 is 41.8 Å². The van der Waals surface area contributed by atoms with Crippen molar-refractivity contribution in [2.24, 2.45) is 11.8 Å². The van der Waals surface area contributed by atoms with Gasteiger partial charge in [-0.2, -0.15) is 18.3 Å². The number of benzene rings is 1. The fourth-order valence-corrected chi connectivity index (χ4v) is 6.07. The molecule has 2 aromatic rings. The molecule has 1 aromatic carbocycles. The van der Waals surface area contributed by atoms with Crippen molar-refractivity contribution in [1.82, 2.24) is 15.5 Å². The minimum atomic E-state index is -5.03. The summed E-state index contributed by atoms with van der Waals surface area (Å²) in [6, 6.07) is 2.61. The van der Waals surface area contributed by atoms with E-state index in [0.717, 1.165) is 19.1 Å². The van der Waals surface area contributed by atoms with Gasteiger partial charge in [-0.1, -0.05) is 6.07 Å². The normalized spacial score (nSPS) is 31.7. The number of anilines is 1. The number of aromatic amines is 1. The van der Waals surface area contributed by atoms with E-state index in [1.165, 1.54) is 13.0 Å². The lowest BCUT2D eigenvalue weighted by molar-refractivity contribution is -0.140. The summed E-state index contributed by atoms with van der Waals surface area (Å²) in [6.07, 6.45) is -5.78. The Hall–Kier alpha value is -3.32. The van der Waals surface area contributed by atoms with Gasteiger partial charge in [-0.3, -0.25) is 19.5 Å².